The standard InChI is InChI=1S/C32H38N4O6S/c1-18-8-7-9-28(33-18)36-32(39)25(14-15-43-6)35-24-13-11-21-22(17-26(24)38)23(34-19(2)37)12-10-20-16-27(40-3)30(41-4)31(42-5)29(20)21/h7-9,11,13,16-17,23,25H,10,12,14-15H2,1-6H3,(H,34,37)(H,35,38)(H,33,36,39)/t23-,25-/m0/s1. The van der Waals surface area contributed by atoms with Gasteiger partial charge in [0.1, 0.15) is 11.9 Å². The van der Waals surface area contributed by atoms with Crippen LogP contribution < -0.4 is 35.6 Å². The third-order valence-electron chi connectivity index (χ3n) is 7.31. The number of methoxy groups -OCH3 is 3. The molecule has 0 bridgehead atoms. The molecule has 228 valence electrons. The molecule has 1 heterocycles. The van der Waals surface area contributed by atoms with Crippen molar-refractivity contribution in [1.29, 1.82) is 0 Å². The topological polar surface area (TPSA) is 128 Å². The van der Waals surface area contributed by atoms with Crippen molar-refractivity contribution >= 4 is 35.1 Å². The molecular formula is C32H38N4O6S. The fourth-order valence-electron chi connectivity index (χ4n) is 5.35. The first-order valence-electron chi connectivity index (χ1n) is 14.0. The van der Waals surface area contributed by atoms with Gasteiger partial charge >= 0.3 is 0 Å². The first-order chi connectivity index (χ1) is 20.7. The average molecular weight is 607 g/mol. The maximum atomic E-state index is 13.8. The summed E-state index contributed by atoms with van der Waals surface area (Å²) in [7, 11) is 4.66. The monoisotopic (exact) mass is 606 g/mol. The maximum absolute atomic E-state index is 13.8. The number of hydrogen-bond donors (Lipinski definition) is 3. The van der Waals surface area contributed by atoms with Crippen LogP contribution in [-0.4, -0.2) is 56.2 Å². The summed E-state index contributed by atoms with van der Waals surface area (Å²) in [5.74, 6) is 2.07. The van der Waals surface area contributed by atoms with E-state index in [-0.39, 0.29) is 22.9 Å². The molecule has 3 N–H and O–H groups in total. The number of aromatic nitrogens is 1. The molecule has 0 fully saturated rings. The zero-order valence-corrected chi connectivity index (χ0v) is 26.1. The Kier molecular flexibility index (Phi) is 10.5. The molecule has 0 saturated heterocycles. The van der Waals surface area contributed by atoms with Gasteiger partial charge in [0, 0.05) is 18.2 Å². The lowest BCUT2D eigenvalue weighted by molar-refractivity contribution is -0.120. The van der Waals surface area contributed by atoms with E-state index < -0.39 is 12.1 Å². The first kappa shape index (κ1) is 31.7. The Morgan fingerprint density at radius 2 is 1.84 bits per heavy atom. The maximum Gasteiger partial charge on any atom is 0.248 e. The quantitative estimate of drug-likeness (QED) is 0.284. The van der Waals surface area contributed by atoms with E-state index in [9.17, 15) is 14.4 Å². The molecule has 3 aromatic rings. The molecule has 0 saturated carbocycles. The number of pyridine rings is 1. The molecule has 0 spiro atoms. The summed E-state index contributed by atoms with van der Waals surface area (Å²) in [5, 5.41) is 9.08. The van der Waals surface area contributed by atoms with E-state index in [1.807, 2.05) is 37.4 Å². The van der Waals surface area contributed by atoms with Crippen molar-refractivity contribution in [3.8, 4) is 28.4 Å². The van der Waals surface area contributed by atoms with Crippen molar-refractivity contribution in [2.24, 2.45) is 0 Å². The largest absolute Gasteiger partial charge is 0.493 e. The van der Waals surface area contributed by atoms with Gasteiger partial charge in [-0.3, -0.25) is 14.4 Å². The number of benzene rings is 1. The minimum atomic E-state index is -0.693. The molecular weight excluding hydrogens is 568 g/mol. The van der Waals surface area contributed by atoms with E-state index in [0.29, 0.717) is 59.2 Å². The van der Waals surface area contributed by atoms with Gasteiger partial charge in [0.2, 0.25) is 23.0 Å². The summed E-state index contributed by atoms with van der Waals surface area (Å²) in [6, 6.07) is 11.2. The summed E-state index contributed by atoms with van der Waals surface area (Å²) in [5.41, 5.74) is 3.77. The second kappa shape index (κ2) is 14.3. The molecule has 0 aliphatic heterocycles. The summed E-state index contributed by atoms with van der Waals surface area (Å²) in [6.45, 7) is 3.31. The predicted molar refractivity (Wildman–Crippen MR) is 171 cm³/mol. The highest BCUT2D eigenvalue weighted by atomic mass is 32.2. The number of aryl methyl sites for hydroxylation is 2. The number of anilines is 2. The van der Waals surface area contributed by atoms with Gasteiger partial charge in [0.05, 0.1) is 33.1 Å². The predicted octanol–water partition coefficient (Wildman–Crippen LogP) is 4.74. The number of nitrogens with zero attached hydrogens (tertiary/aromatic N) is 1. The Labute approximate surface area is 255 Å². The summed E-state index contributed by atoms with van der Waals surface area (Å²) in [6.07, 6.45) is 3.59. The van der Waals surface area contributed by atoms with Crippen molar-refractivity contribution in [2.45, 2.75) is 45.2 Å². The van der Waals surface area contributed by atoms with E-state index in [1.165, 1.54) is 13.0 Å². The fraction of sp³-hybridized carbons (Fsp3) is 0.375. The van der Waals surface area contributed by atoms with Crippen molar-refractivity contribution < 1.29 is 23.8 Å². The molecule has 2 amide bonds. The summed E-state index contributed by atoms with van der Waals surface area (Å²) < 4.78 is 17.1. The van der Waals surface area contributed by atoms with Crippen LogP contribution in [0.25, 0.3) is 11.1 Å². The Morgan fingerprint density at radius 3 is 2.49 bits per heavy atom. The number of hydrogen-bond acceptors (Lipinski definition) is 9. The highest BCUT2D eigenvalue weighted by molar-refractivity contribution is 7.98. The number of rotatable bonds is 11. The van der Waals surface area contributed by atoms with Gasteiger partial charge in [-0.1, -0.05) is 12.1 Å². The molecule has 4 rings (SSSR count). The van der Waals surface area contributed by atoms with Crippen molar-refractivity contribution in [3.05, 3.63) is 69.5 Å². The van der Waals surface area contributed by atoms with Gasteiger partial charge in [-0.15, -0.1) is 0 Å². The minimum absolute atomic E-state index is 0.208. The third kappa shape index (κ3) is 7.22. The molecule has 1 aliphatic rings. The number of nitrogens with one attached hydrogen (secondary N) is 3. The van der Waals surface area contributed by atoms with Crippen LogP contribution in [0.1, 0.15) is 42.6 Å². The fourth-order valence-corrected chi connectivity index (χ4v) is 5.82. The van der Waals surface area contributed by atoms with Gasteiger partial charge in [0.15, 0.2) is 11.5 Å². The Bertz CT molecular complexity index is 1560. The van der Waals surface area contributed by atoms with E-state index in [4.69, 9.17) is 14.2 Å². The van der Waals surface area contributed by atoms with E-state index in [0.717, 1.165) is 16.8 Å². The number of ether oxygens (including phenoxy) is 3. The SMILES string of the molecule is COc1cc2c(c(OC)c1OC)-c1ccc(N[C@@H](CCSC)C(=O)Nc3cccc(C)n3)c(=O)cc1[C@@H](NC(C)=O)CC2. The van der Waals surface area contributed by atoms with Crippen LogP contribution >= 0.6 is 11.8 Å². The van der Waals surface area contributed by atoms with E-state index in [1.54, 1.807) is 45.2 Å². The summed E-state index contributed by atoms with van der Waals surface area (Å²) in [4.78, 5) is 43.7. The lowest BCUT2D eigenvalue weighted by Gasteiger charge is -2.19. The van der Waals surface area contributed by atoms with Gasteiger partial charge in [-0.05, 0) is 85.2 Å². The molecule has 43 heavy (non-hydrogen) atoms. The van der Waals surface area contributed by atoms with Crippen LogP contribution in [-0.2, 0) is 16.0 Å². The molecule has 1 aliphatic carbocycles. The molecule has 11 heteroatoms. The van der Waals surface area contributed by atoms with E-state index >= 15 is 0 Å². The summed E-state index contributed by atoms with van der Waals surface area (Å²) >= 11 is 1.61. The van der Waals surface area contributed by atoms with Gasteiger partial charge in [-0.25, -0.2) is 4.98 Å². The zero-order chi connectivity index (χ0) is 31.1. The van der Waals surface area contributed by atoms with E-state index in [2.05, 4.69) is 20.9 Å². The Hall–Kier alpha value is -4.25. The number of carbonyl (C=O) groups is 2. The van der Waals surface area contributed by atoms with Crippen LogP contribution in [0.15, 0.2) is 47.3 Å². The normalized spacial score (nSPS) is 14.3. The van der Waals surface area contributed by atoms with Gasteiger partial charge in [0.25, 0.3) is 0 Å². The number of carbonyl (C=O) groups excluding carboxylic acids is 2. The van der Waals surface area contributed by atoms with Gasteiger partial charge < -0.3 is 30.2 Å². The third-order valence-corrected chi connectivity index (χ3v) is 7.96. The highest BCUT2D eigenvalue weighted by Crippen LogP contribution is 2.50. The van der Waals surface area contributed by atoms with Crippen LogP contribution in [0.5, 0.6) is 17.2 Å². The van der Waals surface area contributed by atoms with Crippen LogP contribution in [0.4, 0.5) is 11.5 Å². The lowest BCUT2D eigenvalue weighted by Crippen LogP contribution is -2.36. The van der Waals surface area contributed by atoms with Crippen LogP contribution in [0, 0.1) is 6.92 Å². The smallest absolute Gasteiger partial charge is 0.248 e. The molecule has 2 aromatic carbocycles. The minimum Gasteiger partial charge on any atom is -0.493 e. The molecule has 0 radical (unpaired) electrons. The Balaban J connectivity index is 1.84. The number of thioether (sulfide) groups is 1. The van der Waals surface area contributed by atoms with Crippen molar-refractivity contribution in [3.63, 3.8) is 0 Å². The Morgan fingerprint density at radius 1 is 1.07 bits per heavy atom. The van der Waals surface area contributed by atoms with Crippen molar-refractivity contribution in [2.75, 3.05) is 44.0 Å². The second-order valence-corrected chi connectivity index (χ2v) is 11.2. The highest BCUT2D eigenvalue weighted by Gasteiger charge is 2.30. The van der Waals surface area contributed by atoms with Crippen LogP contribution in [0.3, 0.4) is 0 Å². The van der Waals surface area contributed by atoms with Crippen LogP contribution in [0.2, 0.25) is 0 Å². The van der Waals surface area contributed by atoms with Crippen molar-refractivity contribution in [1.82, 2.24) is 10.3 Å². The lowest BCUT2D eigenvalue weighted by atomic mass is 9.95. The first-order valence-corrected chi connectivity index (χ1v) is 15.4. The molecule has 10 nitrogen and oxygen atoms in total. The average Bonchev–Trinajstić information content (AvgIpc) is 3.22. The van der Waals surface area contributed by atoms with Gasteiger partial charge in [-0.2, -0.15) is 11.8 Å². The molecule has 2 atom stereocenters. The molecule has 0 unspecified atom stereocenters. The number of fused-ring (bicyclic) bond motifs is 3. The zero-order valence-electron chi connectivity index (χ0n) is 25.3. The molecule has 1 aromatic heterocycles. The second-order valence-electron chi connectivity index (χ2n) is 10.2. The number of amides is 2.